The van der Waals surface area contributed by atoms with E-state index in [0.717, 1.165) is 18.2 Å². The van der Waals surface area contributed by atoms with Crippen molar-refractivity contribution in [3.8, 4) is 0 Å². The molecular weight excluding hydrogens is 223 g/mol. The minimum Gasteiger partial charge on any atom is -0.383 e. The first-order valence-electron chi connectivity index (χ1n) is 4.24. The monoisotopic (exact) mass is 229 g/mol. The zero-order valence-corrected chi connectivity index (χ0v) is 7.80. The molecule has 0 spiro atoms. The van der Waals surface area contributed by atoms with Crippen molar-refractivity contribution in [2.75, 3.05) is 5.73 Å². The van der Waals surface area contributed by atoms with E-state index in [1.165, 1.54) is 0 Å². The van der Waals surface area contributed by atoms with Crippen LogP contribution in [-0.4, -0.2) is 9.97 Å². The fraction of sp³-hybridized carbons (Fsp3) is 0.111. The summed E-state index contributed by atoms with van der Waals surface area (Å²) < 4.78 is 37.2. The van der Waals surface area contributed by atoms with E-state index in [1.54, 1.807) is 0 Å². The maximum absolute atomic E-state index is 12.4. The molecule has 3 N–H and O–H groups in total. The van der Waals surface area contributed by atoms with Gasteiger partial charge in [-0.25, -0.2) is 4.79 Å². The van der Waals surface area contributed by atoms with Gasteiger partial charge in [-0.15, -0.1) is 0 Å². The zero-order valence-electron chi connectivity index (χ0n) is 7.80. The highest BCUT2D eigenvalue weighted by molar-refractivity contribution is 5.88. The fourth-order valence-electron chi connectivity index (χ4n) is 1.35. The SMILES string of the molecule is Nc1nc(=O)[nH]c2ccc(C(F)(F)F)cc12. The number of nitrogens with zero attached hydrogens (tertiary/aromatic N) is 1. The quantitative estimate of drug-likeness (QED) is 0.719. The predicted molar refractivity (Wildman–Crippen MR) is 51.8 cm³/mol. The van der Waals surface area contributed by atoms with Crippen LogP contribution in [0.5, 0.6) is 0 Å². The molecule has 4 nitrogen and oxygen atoms in total. The molecule has 84 valence electrons. The number of aromatic amines is 1. The Bertz CT molecular complexity index is 603. The summed E-state index contributed by atoms with van der Waals surface area (Å²) in [5.41, 5.74) is 4.08. The van der Waals surface area contributed by atoms with Crippen molar-refractivity contribution in [3.63, 3.8) is 0 Å². The maximum atomic E-state index is 12.4. The standard InChI is InChI=1S/C9H6F3N3O/c10-9(11,12)4-1-2-6-5(3-4)7(13)15-8(16)14-6/h1-3H,(H3,13,14,15,16). The summed E-state index contributed by atoms with van der Waals surface area (Å²) in [4.78, 5) is 16.5. The van der Waals surface area contributed by atoms with Gasteiger partial charge in [0, 0.05) is 5.39 Å². The molecule has 7 heteroatoms. The van der Waals surface area contributed by atoms with Crippen molar-refractivity contribution in [3.05, 3.63) is 34.2 Å². The number of alkyl halides is 3. The first kappa shape index (κ1) is 10.5. The van der Waals surface area contributed by atoms with Gasteiger partial charge in [-0.1, -0.05) is 0 Å². The van der Waals surface area contributed by atoms with Crippen LogP contribution in [0.4, 0.5) is 19.0 Å². The van der Waals surface area contributed by atoms with Gasteiger partial charge >= 0.3 is 11.9 Å². The first-order valence-corrected chi connectivity index (χ1v) is 4.24. The molecule has 0 atom stereocenters. The molecule has 16 heavy (non-hydrogen) atoms. The zero-order chi connectivity index (χ0) is 11.9. The lowest BCUT2D eigenvalue weighted by atomic mass is 10.1. The summed E-state index contributed by atoms with van der Waals surface area (Å²) in [6, 6.07) is 2.88. The molecule has 0 unspecified atom stereocenters. The van der Waals surface area contributed by atoms with Crippen LogP contribution in [0.15, 0.2) is 23.0 Å². The van der Waals surface area contributed by atoms with Gasteiger partial charge in [-0.05, 0) is 18.2 Å². The topological polar surface area (TPSA) is 71.8 Å². The number of anilines is 1. The van der Waals surface area contributed by atoms with E-state index < -0.39 is 17.4 Å². The van der Waals surface area contributed by atoms with Crippen LogP contribution in [0.2, 0.25) is 0 Å². The van der Waals surface area contributed by atoms with Crippen molar-refractivity contribution in [1.29, 1.82) is 0 Å². The lowest BCUT2D eigenvalue weighted by Crippen LogP contribution is -2.13. The molecule has 0 aliphatic rings. The molecule has 0 fully saturated rings. The van der Waals surface area contributed by atoms with Crippen LogP contribution in [-0.2, 0) is 6.18 Å². The number of rotatable bonds is 0. The van der Waals surface area contributed by atoms with Gasteiger partial charge in [-0.3, -0.25) is 0 Å². The van der Waals surface area contributed by atoms with E-state index in [4.69, 9.17) is 5.73 Å². The van der Waals surface area contributed by atoms with Crippen LogP contribution in [0.25, 0.3) is 10.9 Å². The van der Waals surface area contributed by atoms with E-state index in [-0.39, 0.29) is 16.7 Å². The molecule has 0 amide bonds. The number of benzene rings is 1. The Morgan fingerprint density at radius 2 is 2.00 bits per heavy atom. The number of hydrogen-bond acceptors (Lipinski definition) is 3. The van der Waals surface area contributed by atoms with Crippen LogP contribution in [0, 0.1) is 0 Å². The Hall–Kier alpha value is -2.05. The third kappa shape index (κ3) is 1.71. The van der Waals surface area contributed by atoms with E-state index >= 15 is 0 Å². The van der Waals surface area contributed by atoms with Gasteiger partial charge in [0.25, 0.3) is 0 Å². The molecule has 1 aromatic carbocycles. The van der Waals surface area contributed by atoms with Crippen molar-refractivity contribution in [1.82, 2.24) is 9.97 Å². The highest BCUT2D eigenvalue weighted by atomic mass is 19.4. The van der Waals surface area contributed by atoms with Gasteiger partial charge in [0.05, 0.1) is 11.1 Å². The molecule has 2 aromatic rings. The summed E-state index contributed by atoms with van der Waals surface area (Å²) in [6.45, 7) is 0. The lowest BCUT2D eigenvalue weighted by Gasteiger charge is -2.08. The van der Waals surface area contributed by atoms with Gasteiger partial charge < -0.3 is 10.7 Å². The molecule has 1 aromatic heterocycles. The first-order chi connectivity index (χ1) is 7.38. The Labute approximate surface area is 86.9 Å². The lowest BCUT2D eigenvalue weighted by molar-refractivity contribution is -0.137. The fourth-order valence-corrected chi connectivity index (χ4v) is 1.35. The second-order valence-corrected chi connectivity index (χ2v) is 3.19. The van der Waals surface area contributed by atoms with Crippen molar-refractivity contribution >= 4 is 16.7 Å². The van der Waals surface area contributed by atoms with Crippen LogP contribution < -0.4 is 11.4 Å². The minimum atomic E-state index is -4.45. The van der Waals surface area contributed by atoms with Gasteiger partial charge in [-0.2, -0.15) is 18.2 Å². The molecule has 1 heterocycles. The van der Waals surface area contributed by atoms with E-state index in [0.29, 0.717) is 0 Å². The summed E-state index contributed by atoms with van der Waals surface area (Å²) in [5, 5.41) is 0.0782. The normalized spacial score (nSPS) is 11.9. The largest absolute Gasteiger partial charge is 0.416 e. The maximum Gasteiger partial charge on any atom is 0.416 e. The van der Waals surface area contributed by atoms with Crippen molar-refractivity contribution in [2.24, 2.45) is 0 Å². The average Bonchev–Trinajstić information content (AvgIpc) is 2.15. The third-order valence-electron chi connectivity index (χ3n) is 2.09. The Morgan fingerprint density at radius 1 is 1.31 bits per heavy atom. The molecule has 0 aliphatic heterocycles. The summed E-state index contributed by atoms with van der Waals surface area (Å²) in [6.07, 6.45) is -4.45. The Balaban J connectivity index is 2.76. The number of nitrogens with one attached hydrogen (secondary N) is 1. The van der Waals surface area contributed by atoms with Gasteiger partial charge in [0.2, 0.25) is 0 Å². The Kier molecular flexibility index (Phi) is 2.11. The highest BCUT2D eigenvalue weighted by Gasteiger charge is 2.30. The number of fused-ring (bicyclic) bond motifs is 1. The summed E-state index contributed by atoms with van der Waals surface area (Å²) >= 11 is 0. The number of H-pyrrole nitrogens is 1. The highest BCUT2D eigenvalue weighted by Crippen LogP contribution is 2.31. The number of nitrogen functional groups attached to an aromatic ring is 1. The molecule has 2 rings (SSSR count). The number of aromatic nitrogens is 2. The third-order valence-corrected chi connectivity index (χ3v) is 2.09. The second kappa shape index (κ2) is 3.22. The average molecular weight is 229 g/mol. The predicted octanol–water partition coefficient (Wildman–Crippen LogP) is 1.52. The van der Waals surface area contributed by atoms with Gasteiger partial charge in [0.1, 0.15) is 5.82 Å². The molecular formula is C9H6F3N3O. The number of halogens is 3. The van der Waals surface area contributed by atoms with Crippen LogP contribution in [0.3, 0.4) is 0 Å². The van der Waals surface area contributed by atoms with Crippen LogP contribution >= 0.6 is 0 Å². The second-order valence-electron chi connectivity index (χ2n) is 3.19. The van der Waals surface area contributed by atoms with Crippen molar-refractivity contribution < 1.29 is 13.2 Å². The molecule has 0 saturated carbocycles. The summed E-state index contributed by atoms with van der Waals surface area (Å²) in [5.74, 6) is -0.218. The summed E-state index contributed by atoms with van der Waals surface area (Å²) in [7, 11) is 0. The molecule has 0 radical (unpaired) electrons. The smallest absolute Gasteiger partial charge is 0.383 e. The van der Waals surface area contributed by atoms with E-state index in [2.05, 4.69) is 9.97 Å². The minimum absolute atomic E-state index is 0.0782. The van der Waals surface area contributed by atoms with Gasteiger partial charge in [0.15, 0.2) is 0 Å². The van der Waals surface area contributed by atoms with E-state index in [1.807, 2.05) is 0 Å². The van der Waals surface area contributed by atoms with Crippen LogP contribution in [0.1, 0.15) is 5.56 Å². The molecule has 0 bridgehead atoms. The molecule has 0 aliphatic carbocycles. The van der Waals surface area contributed by atoms with E-state index in [9.17, 15) is 18.0 Å². The Morgan fingerprint density at radius 3 is 2.62 bits per heavy atom. The number of nitrogens with two attached hydrogens (primary N) is 1. The van der Waals surface area contributed by atoms with Crippen molar-refractivity contribution in [2.45, 2.75) is 6.18 Å². The number of hydrogen-bond donors (Lipinski definition) is 2. The molecule has 0 saturated heterocycles.